The van der Waals surface area contributed by atoms with Crippen molar-refractivity contribution >= 4 is 10.0 Å². The van der Waals surface area contributed by atoms with E-state index in [4.69, 9.17) is 0 Å². The fourth-order valence-corrected chi connectivity index (χ4v) is 4.07. The Morgan fingerprint density at radius 3 is 2.26 bits per heavy atom. The molecule has 1 aliphatic heterocycles. The second-order valence-corrected chi connectivity index (χ2v) is 7.49. The zero-order valence-electron chi connectivity index (χ0n) is 12.7. The van der Waals surface area contributed by atoms with Crippen molar-refractivity contribution in [2.24, 2.45) is 0 Å². The van der Waals surface area contributed by atoms with Crippen LogP contribution in [0.1, 0.15) is 5.56 Å². The molecule has 0 atom stereocenters. The zero-order valence-corrected chi connectivity index (χ0v) is 13.5. The summed E-state index contributed by atoms with van der Waals surface area (Å²) in [5.41, 5.74) is 0.918. The van der Waals surface area contributed by atoms with Crippen molar-refractivity contribution < 1.29 is 8.42 Å². The van der Waals surface area contributed by atoms with Crippen LogP contribution >= 0.6 is 0 Å². The van der Waals surface area contributed by atoms with Crippen molar-refractivity contribution in [3.63, 3.8) is 0 Å². The molecule has 1 aromatic heterocycles. The Labute approximate surface area is 135 Å². The molecule has 3 rings (SSSR count). The van der Waals surface area contributed by atoms with Gasteiger partial charge in [-0.1, -0.05) is 30.3 Å². The van der Waals surface area contributed by atoms with Crippen LogP contribution in [0.15, 0.2) is 58.4 Å². The van der Waals surface area contributed by atoms with E-state index in [1.807, 2.05) is 18.2 Å². The molecule has 0 unspecified atom stereocenters. The fraction of sp³-hybridized carbons (Fsp3) is 0.312. The van der Waals surface area contributed by atoms with Crippen LogP contribution in [0.5, 0.6) is 0 Å². The number of hydrogen-bond acceptors (Lipinski definition) is 4. The van der Waals surface area contributed by atoms with E-state index in [1.54, 1.807) is 0 Å². The second kappa shape index (κ2) is 6.66. The van der Waals surface area contributed by atoms with Crippen molar-refractivity contribution in [2.45, 2.75) is 11.4 Å². The number of nitrogens with zero attached hydrogens (tertiary/aromatic N) is 2. The molecule has 0 aliphatic carbocycles. The quantitative estimate of drug-likeness (QED) is 0.901. The molecular formula is C16H19N3O3S. The molecule has 7 heteroatoms. The molecule has 0 spiro atoms. The Morgan fingerprint density at radius 2 is 1.65 bits per heavy atom. The summed E-state index contributed by atoms with van der Waals surface area (Å²) >= 11 is 0. The smallest absolute Gasteiger partial charge is 0.247 e. The first kappa shape index (κ1) is 15.9. The lowest BCUT2D eigenvalue weighted by Gasteiger charge is -2.33. The maximum absolute atomic E-state index is 12.5. The molecule has 1 aliphatic rings. The third kappa shape index (κ3) is 3.69. The summed E-state index contributed by atoms with van der Waals surface area (Å²) in [6, 6.07) is 12.7. The van der Waals surface area contributed by atoms with Crippen molar-refractivity contribution in [2.75, 3.05) is 26.2 Å². The molecule has 2 aromatic rings. The number of rotatable bonds is 4. The first-order valence-electron chi connectivity index (χ1n) is 7.51. The lowest BCUT2D eigenvalue weighted by atomic mass is 10.2. The SMILES string of the molecule is O=c1ccc(S(=O)(=O)N2CCN(Cc3ccccc3)CC2)c[nH]1. The van der Waals surface area contributed by atoms with Crippen LogP contribution in [0.3, 0.4) is 0 Å². The van der Waals surface area contributed by atoms with E-state index in [1.165, 1.54) is 28.2 Å². The van der Waals surface area contributed by atoms with Crippen LogP contribution in [0.2, 0.25) is 0 Å². The average Bonchev–Trinajstić information content (AvgIpc) is 2.57. The Bertz CT molecular complexity index is 789. The van der Waals surface area contributed by atoms with Crippen molar-refractivity contribution in [3.05, 3.63) is 64.6 Å². The average molecular weight is 333 g/mol. The largest absolute Gasteiger partial charge is 0.328 e. The van der Waals surface area contributed by atoms with Gasteiger partial charge in [-0.25, -0.2) is 8.42 Å². The number of aromatic nitrogens is 1. The lowest BCUT2D eigenvalue weighted by Crippen LogP contribution is -2.48. The van der Waals surface area contributed by atoms with Crippen molar-refractivity contribution in [3.8, 4) is 0 Å². The molecule has 0 radical (unpaired) electrons. The predicted octanol–water partition coefficient (Wildman–Crippen LogP) is 0.881. The number of hydrogen-bond donors (Lipinski definition) is 1. The minimum Gasteiger partial charge on any atom is -0.328 e. The Hall–Kier alpha value is -1.96. The number of H-pyrrole nitrogens is 1. The molecule has 122 valence electrons. The van der Waals surface area contributed by atoms with Gasteiger partial charge in [-0.05, 0) is 11.6 Å². The highest BCUT2D eigenvalue weighted by Gasteiger charge is 2.28. The summed E-state index contributed by atoms with van der Waals surface area (Å²) < 4.78 is 26.6. The van der Waals surface area contributed by atoms with Gasteiger partial charge in [0.1, 0.15) is 0 Å². The molecule has 1 N–H and O–H groups in total. The first-order chi connectivity index (χ1) is 11.1. The first-order valence-corrected chi connectivity index (χ1v) is 8.95. The van der Waals surface area contributed by atoms with Crippen molar-refractivity contribution in [1.29, 1.82) is 0 Å². The number of pyridine rings is 1. The third-order valence-corrected chi connectivity index (χ3v) is 5.87. The van der Waals surface area contributed by atoms with Crippen LogP contribution in [0.25, 0.3) is 0 Å². The Balaban J connectivity index is 1.64. The number of sulfonamides is 1. The maximum Gasteiger partial charge on any atom is 0.247 e. The summed E-state index contributed by atoms with van der Waals surface area (Å²) in [5, 5.41) is 0. The van der Waals surface area contributed by atoms with Gasteiger partial charge in [0.2, 0.25) is 15.6 Å². The molecule has 0 saturated carbocycles. The van der Waals surface area contributed by atoms with E-state index >= 15 is 0 Å². The summed E-state index contributed by atoms with van der Waals surface area (Å²) in [7, 11) is -3.54. The van der Waals surface area contributed by atoms with Gasteiger partial charge in [-0.15, -0.1) is 0 Å². The Kier molecular flexibility index (Phi) is 4.61. The molecule has 0 amide bonds. The molecule has 1 fully saturated rings. The molecule has 6 nitrogen and oxygen atoms in total. The monoisotopic (exact) mass is 333 g/mol. The van der Waals surface area contributed by atoms with Gasteiger partial charge in [-0.2, -0.15) is 4.31 Å². The van der Waals surface area contributed by atoms with Gasteiger partial charge in [0.25, 0.3) is 0 Å². The van der Waals surface area contributed by atoms with Gasteiger partial charge in [-0.3, -0.25) is 9.69 Å². The number of piperazine rings is 1. The van der Waals surface area contributed by atoms with Crippen LogP contribution < -0.4 is 5.56 Å². The minimum absolute atomic E-state index is 0.133. The standard InChI is InChI=1S/C16H19N3O3S/c20-16-7-6-15(12-17-16)23(21,22)19-10-8-18(9-11-19)13-14-4-2-1-3-5-14/h1-7,12H,8-11,13H2,(H,17,20). The molecule has 0 bridgehead atoms. The van der Waals surface area contributed by atoms with Gasteiger partial charge in [0.05, 0.1) is 4.90 Å². The van der Waals surface area contributed by atoms with Crippen LogP contribution in [-0.2, 0) is 16.6 Å². The lowest BCUT2D eigenvalue weighted by molar-refractivity contribution is 0.181. The molecule has 2 heterocycles. The van der Waals surface area contributed by atoms with Gasteiger partial charge < -0.3 is 4.98 Å². The van der Waals surface area contributed by atoms with E-state index in [-0.39, 0.29) is 10.5 Å². The Morgan fingerprint density at radius 1 is 0.957 bits per heavy atom. The molecule has 1 saturated heterocycles. The van der Waals surface area contributed by atoms with Crippen molar-refractivity contribution in [1.82, 2.24) is 14.2 Å². The van der Waals surface area contributed by atoms with Gasteiger partial charge in [0, 0.05) is 45.0 Å². The van der Waals surface area contributed by atoms with Crippen LogP contribution in [0, 0.1) is 0 Å². The van der Waals surface area contributed by atoms with E-state index < -0.39 is 10.0 Å². The zero-order chi connectivity index (χ0) is 16.3. The number of benzene rings is 1. The van der Waals surface area contributed by atoms with Gasteiger partial charge >= 0.3 is 0 Å². The van der Waals surface area contributed by atoms with Crippen LogP contribution in [-0.4, -0.2) is 48.8 Å². The normalized spacial score (nSPS) is 17.2. The third-order valence-electron chi connectivity index (χ3n) is 3.97. The number of nitrogens with one attached hydrogen (secondary N) is 1. The maximum atomic E-state index is 12.5. The predicted molar refractivity (Wildman–Crippen MR) is 87.5 cm³/mol. The summed E-state index contributed by atoms with van der Waals surface area (Å²) in [4.78, 5) is 15.9. The van der Waals surface area contributed by atoms with Crippen LogP contribution in [0.4, 0.5) is 0 Å². The molecule has 1 aromatic carbocycles. The molecule has 23 heavy (non-hydrogen) atoms. The summed E-state index contributed by atoms with van der Waals surface area (Å²) in [5.74, 6) is 0. The number of aromatic amines is 1. The second-order valence-electron chi connectivity index (χ2n) is 5.55. The highest BCUT2D eigenvalue weighted by Crippen LogP contribution is 2.17. The highest BCUT2D eigenvalue weighted by molar-refractivity contribution is 7.89. The molecular weight excluding hydrogens is 314 g/mol. The van der Waals surface area contributed by atoms with E-state index in [2.05, 4.69) is 22.0 Å². The van der Waals surface area contributed by atoms with E-state index in [0.29, 0.717) is 26.2 Å². The minimum atomic E-state index is -3.54. The van der Waals surface area contributed by atoms with E-state index in [9.17, 15) is 13.2 Å². The highest BCUT2D eigenvalue weighted by atomic mass is 32.2. The fourth-order valence-electron chi connectivity index (χ4n) is 2.68. The van der Waals surface area contributed by atoms with E-state index in [0.717, 1.165) is 6.54 Å². The summed E-state index contributed by atoms with van der Waals surface area (Å²) in [6.07, 6.45) is 1.26. The van der Waals surface area contributed by atoms with Gasteiger partial charge in [0.15, 0.2) is 0 Å². The topological polar surface area (TPSA) is 73.5 Å². The summed E-state index contributed by atoms with van der Waals surface area (Å²) in [6.45, 7) is 3.12.